The van der Waals surface area contributed by atoms with Crippen LogP contribution < -0.4 is 15.8 Å². The Morgan fingerprint density at radius 1 is 0.955 bits per heavy atom. The smallest absolute Gasteiger partial charge is 0.135 e. The van der Waals surface area contributed by atoms with Crippen molar-refractivity contribution in [1.82, 2.24) is 0 Å². The third-order valence-corrected chi connectivity index (χ3v) is 4.07. The molecule has 1 aliphatic carbocycles. The van der Waals surface area contributed by atoms with Crippen molar-refractivity contribution in [2.45, 2.75) is 37.5 Å². The molecule has 0 aliphatic heterocycles. The summed E-state index contributed by atoms with van der Waals surface area (Å²) in [6.45, 7) is 0. The van der Waals surface area contributed by atoms with Crippen molar-refractivity contribution in [1.29, 1.82) is 0 Å². The number of ether oxygens (including phenoxy) is 1. The van der Waals surface area contributed by atoms with Gasteiger partial charge < -0.3 is 20.9 Å². The van der Waals surface area contributed by atoms with Gasteiger partial charge in [0.15, 0.2) is 0 Å². The Balaban J connectivity index is 1.62. The Bertz CT molecular complexity index is 590. The molecule has 2 aromatic rings. The first-order valence-electron chi connectivity index (χ1n) is 7.72. The van der Waals surface area contributed by atoms with Crippen LogP contribution in [0.2, 0.25) is 0 Å². The van der Waals surface area contributed by atoms with Gasteiger partial charge in [0.05, 0.1) is 0 Å². The zero-order valence-corrected chi connectivity index (χ0v) is 12.5. The van der Waals surface area contributed by atoms with E-state index in [1.54, 1.807) is 0 Å². The molecular formula is C18H22N2O2. The standard InChI is InChI=1S/C18H22N2O2/c19-14-10-12-18(21,13-11-14)20-15-6-8-17(9-7-15)22-16-4-2-1-3-5-16/h1-9,14,20-21H,10-13,19H2. The summed E-state index contributed by atoms with van der Waals surface area (Å²) in [7, 11) is 0. The van der Waals surface area contributed by atoms with Crippen molar-refractivity contribution >= 4 is 5.69 Å². The summed E-state index contributed by atoms with van der Waals surface area (Å²) in [5, 5.41) is 13.8. The molecule has 0 amide bonds. The van der Waals surface area contributed by atoms with Gasteiger partial charge in [0.2, 0.25) is 0 Å². The van der Waals surface area contributed by atoms with E-state index < -0.39 is 5.72 Å². The van der Waals surface area contributed by atoms with Crippen LogP contribution in [0, 0.1) is 0 Å². The highest BCUT2D eigenvalue weighted by Crippen LogP contribution is 2.30. The van der Waals surface area contributed by atoms with Crippen LogP contribution in [0.15, 0.2) is 54.6 Å². The molecule has 0 atom stereocenters. The lowest BCUT2D eigenvalue weighted by Crippen LogP contribution is -2.44. The Labute approximate surface area is 130 Å². The highest BCUT2D eigenvalue weighted by Gasteiger charge is 2.31. The second-order valence-corrected chi connectivity index (χ2v) is 5.93. The number of nitrogens with one attached hydrogen (secondary N) is 1. The average molecular weight is 298 g/mol. The monoisotopic (exact) mass is 298 g/mol. The number of rotatable bonds is 4. The van der Waals surface area contributed by atoms with Gasteiger partial charge in [0.1, 0.15) is 17.2 Å². The van der Waals surface area contributed by atoms with E-state index in [-0.39, 0.29) is 6.04 Å². The molecule has 0 saturated heterocycles. The van der Waals surface area contributed by atoms with Crippen molar-refractivity contribution in [3.63, 3.8) is 0 Å². The molecule has 0 radical (unpaired) electrons. The van der Waals surface area contributed by atoms with Crippen LogP contribution >= 0.6 is 0 Å². The first-order valence-corrected chi connectivity index (χ1v) is 7.72. The summed E-state index contributed by atoms with van der Waals surface area (Å²) in [4.78, 5) is 0. The molecular weight excluding hydrogens is 276 g/mol. The summed E-state index contributed by atoms with van der Waals surface area (Å²) in [5.74, 6) is 1.58. The van der Waals surface area contributed by atoms with Gasteiger partial charge in [-0.25, -0.2) is 0 Å². The van der Waals surface area contributed by atoms with Crippen molar-refractivity contribution in [2.75, 3.05) is 5.32 Å². The molecule has 116 valence electrons. The van der Waals surface area contributed by atoms with E-state index in [2.05, 4.69) is 5.32 Å². The van der Waals surface area contributed by atoms with Crippen LogP contribution in [0.4, 0.5) is 5.69 Å². The fourth-order valence-corrected chi connectivity index (χ4v) is 2.74. The zero-order valence-electron chi connectivity index (χ0n) is 12.5. The maximum atomic E-state index is 10.5. The van der Waals surface area contributed by atoms with Crippen molar-refractivity contribution in [3.05, 3.63) is 54.6 Å². The molecule has 4 nitrogen and oxygen atoms in total. The molecule has 1 aliphatic rings. The van der Waals surface area contributed by atoms with Gasteiger partial charge in [0.25, 0.3) is 0 Å². The van der Waals surface area contributed by atoms with Gasteiger partial charge in [-0.3, -0.25) is 0 Å². The number of hydrogen-bond donors (Lipinski definition) is 3. The predicted octanol–water partition coefficient (Wildman–Crippen LogP) is 3.48. The third-order valence-electron chi connectivity index (χ3n) is 4.07. The molecule has 0 spiro atoms. The van der Waals surface area contributed by atoms with Crippen LogP contribution in [0.25, 0.3) is 0 Å². The second kappa shape index (κ2) is 6.38. The van der Waals surface area contributed by atoms with Crippen LogP contribution in [0.5, 0.6) is 11.5 Å². The first kappa shape index (κ1) is 14.9. The SMILES string of the molecule is NC1CCC(O)(Nc2ccc(Oc3ccccc3)cc2)CC1. The second-order valence-electron chi connectivity index (χ2n) is 5.93. The molecule has 0 bridgehead atoms. The number of nitrogens with two attached hydrogens (primary N) is 1. The summed E-state index contributed by atoms with van der Waals surface area (Å²) in [6, 6.07) is 17.5. The highest BCUT2D eigenvalue weighted by atomic mass is 16.5. The minimum atomic E-state index is -0.850. The summed E-state index contributed by atoms with van der Waals surface area (Å²) >= 11 is 0. The first-order chi connectivity index (χ1) is 10.6. The maximum absolute atomic E-state index is 10.5. The minimum absolute atomic E-state index is 0.212. The lowest BCUT2D eigenvalue weighted by molar-refractivity contribution is 0.0269. The quantitative estimate of drug-likeness (QED) is 0.756. The van der Waals surface area contributed by atoms with E-state index in [4.69, 9.17) is 10.5 Å². The van der Waals surface area contributed by atoms with E-state index in [1.807, 2.05) is 54.6 Å². The highest BCUT2D eigenvalue weighted by molar-refractivity contribution is 5.48. The molecule has 1 fully saturated rings. The molecule has 0 unspecified atom stereocenters. The largest absolute Gasteiger partial charge is 0.457 e. The van der Waals surface area contributed by atoms with Gasteiger partial charge in [-0.1, -0.05) is 18.2 Å². The van der Waals surface area contributed by atoms with E-state index in [0.29, 0.717) is 12.8 Å². The molecule has 3 rings (SSSR count). The maximum Gasteiger partial charge on any atom is 0.135 e. The topological polar surface area (TPSA) is 67.5 Å². The number of anilines is 1. The van der Waals surface area contributed by atoms with Gasteiger partial charge in [-0.05, 0) is 62.1 Å². The minimum Gasteiger partial charge on any atom is -0.457 e. The molecule has 1 saturated carbocycles. The molecule has 2 aromatic carbocycles. The van der Waals surface area contributed by atoms with E-state index in [1.165, 1.54) is 0 Å². The summed E-state index contributed by atoms with van der Waals surface area (Å²) < 4.78 is 5.76. The van der Waals surface area contributed by atoms with Gasteiger partial charge in [-0.2, -0.15) is 0 Å². The van der Waals surface area contributed by atoms with Crippen LogP contribution in [0.1, 0.15) is 25.7 Å². The molecule has 22 heavy (non-hydrogen) atoms. The Morgan fingerprint density at radius 2 is 1.55 bits per heavy atom. The van der Waals surface area contributed by atoms with E-state index >= 15 is 0 Å². The van der Waals surface area contributed by atoms with Gasteiger partial charge >= 0.3 is 0 Å². The zero-order chi connectivity index (χ0) is 15.4. The Morgan fingerprint density at radius 3 is 2.18 bits per heavy atom. The van der Waals surface area contributed by atoms with E-state index in [0.717, 1.165) is 30.0 Å². The van der Waals surface area contributed by atoms with Crippen LogP contribution in [-0.4, -0.2) is 16.9 Å². The van der Waals surface area contributed by atoms with Gasteiger partial charge in [-0.15, -0.1) is 0 Å². The normalized spacial score (nSPS) is 24.7. The third kappa shape index (κ3) is 3.78. The number of benzene rings is 2. The van der Waals surface area contributed by atoms with Gasteiger partial charge in [0, 0.05) is 11.7 Å². The molecule has 0 aromatic heterocycles. The van der Waals surface area contributed by atoms with Crippen LogP contribution in [-0.2, 0) is 0 Å². The number of para-hydroxylation sites is 1. The lowest BCUT2D eigenvalue weighted by Gasteiger charge is -2.36. The number of aliphatic hydroxyl groups is 1. The van der Waals surface area contributed by atoms with Crippen molar-refractivity contribution < 1.29 is 9.84 Å². The van der Waals surface area contributed by atoms with E-state index in [9.17, 15) is 5.11 Å². The van der Waals surface area contributed by atoms with Crippen molar-refractivity contribution in [2.24, 2.45) is 5.73 Å². The van der Waals surface area contributed by atoms with Crippen LogP contribution in [0.3, 0.4) is 0 Å². The lowest BCUT2D eigenvalue weighted by atomic mass is 9.88. The Kier molecular flexibility index (Phi) is 4.32. The molecule has 0 heterocycles. The summed E-state index contributed by atoms with van der Waals surface area (Å²) in [6.07, 6.45) is 3.05. The number of hydrogen-bond acceptors (Lipinski definition) is 4. The fraction of sp³-hybridized carbons (Fsp3) is 0.333. The summed E-state index contributed by atoms with van der Waals surface area (Å²) in [5.41, 5.74) is 5.92. The van der Waals surface area contributed by atoms with Crippen molar-refractivity contribution in [3.8, 4) is 11.5 Å². The Hall–Kier alpha value is -2.04. The fourth-order valence-electron chi connectivity index (χ4n) is 2.74. The molecule has 4 N–H and O–H groups in total. The average Bonchev–Trinajstić information content (AvgIpc) is 2.54. The molecule has 4 heteroatoms. The predicted molar refractivity (Wildman–Crippen MR) is 88.0 cm³/mol.